The molecule has 1 aliphatic heterocycles. The SMILES string of the molecule is CCOc1ccc(-n2ncc(C(=O)N3CCC(C)(CN)C3)c2C)nn1. The van der Waals surface area contributed by atoms with E-state index in [1.165, 1.54) is 0 Å². The molecule has 1 fully saturated rings. The van der Waals surface area contributed by atoms with Crippen LogP contribution in [0.25, 0.3) is 5.82 Å². The van der Waals surface area contributed by atoms with Crippen molar-refractivity contribution in [3.05, 3.63) is 29.6 Å². The van der Waals surface area contributed by atoms with Crippen LogP contribution < -0.4 is 10.5 Å². The minimum Gasteiger partial charge on any atom is -0.477 e. The van der Waals surface area contributed by atoms with E-state index in [9.17, 15) is 4.79 Å². The van der Waals surface area contributed by atoms with Gasteiger partial charge in [0.05, 0.1) is 24.1 Å². The molecule has 1 saturated heterocycles. The van der Waals surface area contributed by atoms with E-state index in [1.54, 1.807) is 23.0 Å². The lowest BCUT2D eigenvalue weighted by atomic mass is 9.90. The van der Waals surface area contributed by atoms with E-state index < -0.39 is 0 Å². The highest BCUT2D eigenvalue weighted by Gasteiger charge is 2.36. The predicted molar refractivity (Wildman–Crippen MR) is 92.7 cm³/mol. The van der Waals surface area contributed by atoms with Gasteiger partial charge in [0.1, 0.15) is 0 Å². The molecule has 2 aromatic heterocycles. The summed E-state index contributed by atoms with van der Waals surface area (Å²) in [5, 5.41) is 12.4. The molecule has 25 heavy (non-hydrogen) atoms. The van der Waals surface area contributed by atoms with Crippen molar-refractivity contribution in [2.75, 3.05) is 26.2 Å². The molecule has 0 radical (unpaired) electrons. The summed E-state index contributed by atoms with van der Waals surface area (Å²) >= 11 is 0. The van der Waals surface area contributed by atoms with E-state index in [0.29, 0.717) is 37.0 Å². The minimum atomic E-state index is -0.0141. The van der Waals surface area contributed by atoms with Gasteiger partial charge in [0.2, 0.25) is 5.88 Å². The lowest BCUT2D eigenvalue weighted by Gasteiger charge is -2.22. The number of likely N-dealkylation sites (tertiary alicyclic amines) is 1. The number of ether oxygens (including phenoxy) is 1. The number of nitrogens with two attached hydrogens (primary N) is 1. The van der Waals surface area contributed by atoms with Crippen LogP contribution >= 0.6 is 0 Å². The normalized spacial score (nSPS) is 20.1. The topological polar surface area (TPSA) is 99.2 Å². The fourth-order valence-electron chi connectivity index (χ4n) is 3.04. The van der Waals surface area contributed by atoms with Gasteiger partial charge in [-0.2, -0.15) is 5.10 Å². The lowest BCUT2D eigenvalue weighted by molar-refractivity contribution is 0.0776. The molecule has 2 N–H and O–H groups in total. The van der Waals surface area contributed by atoms with Gasteiger partial charge in [-0.05, 0) is 38.3 Å². The molecule has 3 rings (SSSR count). The van der Waals surface area contributed by atoms with Crippen LogP contribution in [0.4, 0.5) is 0 Å². The van der Waals surface area contributed by atoms with E-state index >= 15 is 0 Å². The molecule has 0 spiro atoms. The Labute approximate surface area is 147 Å². The molecule has 1 amide bonds. The maximum absolute atomic E-state index is 12.8. The molecule has 8 nitrogen and oxygen atoms in total. The summed E-state index contributed by atoms with van der Waals surface area (Å²) in [4.78, 5) is 14.7. The third kappa shape index (κ3) is 3.34. The standard InChI is InChI=1S/C17H24N6O2/c1-4-25-15-6-5-14(20-21-15)23-12(2)13(9-19-23)16(24)22-8-7-17(3,10-18)11-22/h5-6,9H,4,7-8,10-11,18H2,1-3H3. The van der Waals surface area contributed by atoms with Crippen LogP contribution in [0.3, 0.4) is 0 Å². The first-order valence-electron chi connectivity index (χ1n) is 8.48. The first kappa shape index (κ1) is 17.3. The van der Waals surface area contributed by atoms with Crippen LogP contribution in [-0.4, -0.2) is 57.0 Å². The minimum absolute atomic E-state index is 0.000142. The molecule has 134 valence electrons. The van der Waals surface area contributed by atoms with Gasteiger partial charge in [-0.3, -0.25) is 4.79 Å². The van der Waals surface area contributed by atoms with Gasteiger partial charge in [-0.25, -0.2) is 4.68 Å². The van der Waals surface area contributed by atoms with Crippen molar-refractivity contribution in [2.24, 2.45) is 11.1 Å². The molecule has 3 heterocycles. The van der Waals surface area contributed by atoms with Crippen LogP contribution in [0.1, 0.15) is 36.3 Å². The van der Waals surface area contributed by atoms with Gasteiger partial charge in [-0.15, -0.1) is 10.2 Å². The molecule has 1 aliphatic rings. The highest BCUT2D eigenvalue weighted by atomic mass is 16.5. The summed E-state index contributed by atoms with van der Waals surface area (Å²) in [7, 11) is 0. The molecule has 1 unspecified atom stereocenters. The monoisotopic (exact) mass is 344 g/mol. The second-order valence-corrected chi connectivity index (χ2v) is 6.71. The molecular formula is C17H24N6O2. The average Bonchev–Trinajstić information content (AvgIpc) is 3.19. The molecule has 1 atom stereocenters. The Hall–Kier alpha value is -2.48. The molecule has 0 bridgehead atoms. The van der Waals surface area contributed by atoms with Crippen molar-refractivity contribution >= 4 is 5.91 Å². The largest absolute Gasteiger partial charge is 0.477 e. The summed E-state index contributed by atoms with van der Waals surface area (Å²) in [6.45, 7) is 8.37. The van der Waals surface area contributed by atoms with Gasteiger partial charge >= 0.3 is 0 Å². The van der Waals surface area contributed by atoms with E-state index in [1.807, 2.05) is 18.7 Å². The Balaban J connectivity index is 1.80. The molecule has 0 aromatic carbocycles. The number of hydrogen-bond donors (Lipinski definition) is 1. The highest BCUT2D eigenvalue weighted by molar-refractivity contribution is 5.95. The van der Waals surface area contributed by atoms with Gasteiger partial charge in [0.15, 0.2) is 5.82 Å². The Morgan fingerprint density at radius 1 is 1.40 bits per heavy atom. The number of hydrogen-bond acceptors (Lipinski definition) is 6. The molecular weight excluding hydrogens is 320 g/mol. The molecule has 8 heteroatoms. The average molecular weight is 344 g/mol. The first-order chi connectivity index (χ1) is 12.0. The van der Waals surface area contributed by atoms with Gasteiger partial charge < -0.3 is 15.4 Å². The second-order valence-electron chi connectivity index (χ2n) is 6.71. The summed E-state index contributed by atoms with van der Waals surface area (Å²) in [5.74, 6) is 0.999. The maximum Gasteiger partial charge on any atom is 0.257 e. The zero-order valence-electron chi connectivity index (χ0n) is 14.9. The number of amides is 1. The van der Waals surface area contributed by atoms with Crippen LogP contribution in [0.2, 0.25) is 0 Å². The summed E-state index contributed by atoms with van der Waals surface area (Å²) in [6, 6.07) is 3.51. The summed E-state index contributed by atoms with van der Waals surface area (Å²) in [5.41, 5.74) is 7.15. The lowest BCUT2D eigenvalue weighted by Crippen LogP contribution is -2.34. The Kier molecular flexibility index (Phi) is 4.71. The number of aromatic nitrogens is 4. The van der Waals surface area contributed by atoms with Crippen molar-refractivity contribution < 1.29 is 9.53 Å². The van der Waals surface area contributed by atoms with E-state index in [2.05, 4.69) is 22.2 Å². The van der Waals surface area contributed by atoms with Crippen molar-refractivity contribution in [1.29, 1.82) is 0 Å². The quantitative estimate of drug-likeness (QED) is 0.874. The van der Waals surface area contributed by atoms with Crippen molar-refractivity contribution in [1.82, 2.24) is 24.9 Å². The number of carbonyl (C=O) groups is 1. The number of rotatable bonds is 5. The van der Waals surface area contributed by atoms with E-state index in [4.69, 9.17) is 10.5 Å². The number of carbonyl (C=O) groups excluding carboxylic acids is 1. The van der Waals surface area contributed by atoms with Crippen LogP contribution in [0.5, 0.6) is 5.88 Å². The summed E-state index contributed by atoms with van der Waals surface area (Å²) in [6.07, 6.45) is 2.51. The third-order valence-corrected chi connectivity index (χ3v) is 4.71. The summed E-state index contributed by atoms with van der Waals surface area (Å²) < 4.78 is 6.91. The first-order valence-corrected chi connectivity index (χ1v) is 8.48. The Morgan fingerprint density at radius 3 is 2.80 bits per heavy atom. The predicted octanol–water partition coefficient (Wildman–Crippen LogP) is 1.18. The third-order valence-electron chi connectivity index (χ3n) is 4.71. The van der Waals surface area contributed by atoms with Gasteiger partial charge in [0, 0.05) is 19.2 Å². The van der Waals surface area contributed by atoms with Gasteiger partial charge in [-0.1, -0.05) is 6.92 Å². The van der Waals surface area contributed by atoms with E-state index in [-0.39, 0.29) is 11.3 Å². The van der Waals surface area contributed by atoms with Crippen molar-refractivity contribution in [2.45, 2.75) is 27.2 Å². The van der Waals surface area contributed by atoms with Crippen LogP contribution in [0.15, 0.2) is 18.3 Å². The molecule has 0 aliphatic carbocycles. The molecule has 2 aromatic rings. The zero-order chi connectivity index (χ0) is 18.0. The van der Waals surface area contributed by atoms with E-state index in [0.717, 1.165) is 18.7 Å². The zero-order valence-corrected chi connectivity index (χ0v) is 14.9. The Morgan fingerprint density at radius 2 is 2.20 bits per heavy atom. The van der Waals surface area contributed by atoms with Gasteiger partial charge in [0.25, 0.3) is 5.91 Å². The van der Waals surface area contributed by atoms with Crippen molar-refractivity contribution in [3.63, 3.8) is 0 Å². The smallest absolute Gasteiger partial charge is 0.257 e. The highest BCUT2D eigenvalue weighted by Crippen LogP contribution is 2.30. The maximum atomic E-state index is 12.8. The fourth-order valence-corrected chi connectivity index (χ4v) is 3.04. The van der Waals surface area contributed by atoms with Crippen LogP contribution in [-0.2, 0) is 0 Å². The second kappa shape index (κ2) is 6.79. The molecule has 0 saturated carbocycles. The number of nitrogens with zero attached hydrogens (tertiary/aromatic N) is 5. The van der Waals surface area contributed by atoms with Crippen molar-refractivity contribution in [3.8, 4) is 11.7 Å². The van der Waals surface area contributed by atoms with Crippen LogP contribution in [0, 0.1) is 12.3 Å². The Bertz CT molecular complexity index is 757. The fraction of sp³-hybridized carbons (Fsp3) is 0.529.